The van der Waals surface area contributed by atoms with Gasteiger partial charge in [-0.3, -0.25) is 24.3 Å². The van der Waals surface area contributed by atoms with Crippen molar-refractivity contribution in [3.05, 3.63) is 30.0 Å². The smallest absolute Gasteiger partial charge is 0.251 e. The second-order valence-electron chi connectivity index (χ2n) is 8.36. The van der Waals surface area contributed by atoms with E-state index < -0.39 is 29.9 Å². The van der Waals surface area contributed by atoms with Crippen molar-refractivity contribution < 1.29 is 23.9 Å². The minimum absolute atomic E-state index is 0.0987. The highest BCUT2D eigenvalue weighted by Gasteiger charge is 2.38. The summed E-state index contributed by atoms with van der Waals surface area (Å²) in [5.74, 6) is -1.01. The number of amides is 3. The number of Topliss-reactive ketones (excluding diaryl/α,β-unsaturated/α-hetero) is 1. The number of rotatable bonds is 10. The number of H-pyrrole nitrogens is 1. The van der Waals surface area contributed by atoms with E-state index in [1.54, 1.807) is 24.4 Å². The van der Waals surface area contributed by atoms with Gasteiger partial charge < -0.3 is 20.7 Å². The standard InChI is InChI=1S/C22H27N5O5/c28-19(10-24-22(31)14-5-6-16-15(8-14)9-25-27-16)23-11-20(29)26-17(21(30)18-12-32-18)7-13-3-1-2-4-13/h5-6,8-9,13,17-18H,1-4,7,10-12H2,(H,23,28)(H,24,31)(H,25,27)(H,26,29)/t17-,18+/m0/s1. The molecule has 32 heavy (non-hydrogen) atoms. The third-order valence-corrected chi connectivity index (χ3v) is 5.93. The summed E-state index contributed by atoms with van der Waals surface area (Å²) >= 11 is 0. The van der Waals surface area contributed by atoms with Crippen molar-refractivity contribution in [2.24, 2.45) is 5.92 Å². The monoisotopic (exact) mass is 441 g/mol. The molecule has 10 heteroatoms. The van der Waals surface area contributed by atoms with Crippen molar-refractivity contribution >= 4 is 34.4 Å². The number of carbonyl (C=O) groups excluding carboxylic acids is 4. The van der Waals surface area contributed by atoms with Crippen molar-refractivity contribution in [3.8, 4) is 0 Å². The van der Waals surface area contributed by atoms with E-state index in [0.29, 0.717) is 24.5 Å². The Balaban J connectivity index is 1.21. The number of nitrogens with one attached hydrogen (secondary N) is 4. The molecule has 10 nitrogen and oxygen atoms in total. The third-order valence-electron chi connectivity index (χ3n) is 5.93. The number of aromatic amines is 1. The van der Waals surface area contributed by atoms with Gasteiger partial charge in [-0.25, -0.2) is 0 Å². The molecule has 0 spiro atoms. The largest absolute Gasteiger partial charge is 0.365 e. The third kappa shape index (κ3) is 5.70. The minimum Gasteiger partial charge on any atom is -0.365 e. The van der Waals surface area contributed by atoms with Crippen LogP contribution in [0.3, 0.4) is 0 Å². The zero-order chi connectivity index (χ0) is 22.5. The average molecular weight is 441 g/mol. The van der Waals surface area contributed by atoms with Crippen LogP contribution >= 0.6 is 0 Å². The Labute approximate surface area is 184 Å². The first-order valence-electron chi connectivity index (χ1n) is 10.9. The maximum Gasteiger partial charge on any atom is 0.251 e. The van der Waals surface area contributed by atoms with E-state index in [0.717, 1.165) is 36.6 Å². The predicted octanol–water partition coefficient (Wildman–Crippen LogP) is 0.442. The molecule has 1 aliphatic carbocycles. The number of ether oxygens (including phenoxy) is 1. The fourth-order valence-corrected chi connectivity index (χ4v) is 4.10. The zero-order valence-corrected chi connectivity index (χ0v) is 17.7. The number of hydrogen-bond donors (Lipinski definition) is 4. The summed E-state index contributed by atoms with van der Waals surface area (Å²) in [6, 6.07) is 4.45. The van der Waals surface area contributed by atoms with E-state index in [1.165, 1.54) is 0 Å². The van der Waals surface area contributed by atoms with Crippen molar-refractivity contribution in [1.82, 2.24) is 26.1 Å². The molecule has 2 fully saturated rings. The minimum atomic E-state index is -0.590. The number of benzene rings is 1. The van der Waals surface area contributed by atoms with Gasteiger partial charge in [-0.1, -0.05) is 25.7 Å². The summed E-state index contributed by atoms with van der Waals surface area (Å²) in [6.07, 6.45) is 6.22. The molecule has 1 aromatic carbocycles. The maximum atomic E-state index is 12.5. The van der Waals surface area contributed by atoms with E-state index >= 15 is 0 Å². The van der Waals surface area contributed by atoms with Crippen molar-refractivity contribution in [2.45, 2.75) is 44.2 Å². The van der Waals surface area contributed by atoms with E-state index in [9.17, 15) is 19.2 Å². The first kappa shape index (κ1) is 21.9. The molecule has 4 N–H and O–H groups in total. The van der Waals surface area contributed by atoms with Gasteiger partial charge in [0.25, 0.3) is 5.91 Å². The molecular formula is C22H27N5O5. The first-order chi connectivity index (χ1) is 15.5. The quantitative estimate of drug-likeness (QED) is 0.394. The van der Waals surface area contributed by atoms with Crippen LogP contribution in [-0.2, 0) is 19.1 Å². The molecule has 0 bridgehead atoms. The molecule has 0 radical (unpaired) electrons. The molecule has 2 aliphatic rings. The van der Waals surface area contributed by atoms with E-state index in [-0.39, 0.29) is 18.9 Å². The van der Waals surface area contributed by atoms with E-state index in [4.69, 9.17) is 4.74 Å². The van der Waals surface area contributed by atoms with E-state index in [1.807, 2.05) is 0 Å². The van der Waals surface area contributed by atoms with Gasteiger partial charge in [0, 0.05) is 10.9 Å². The van der Waals surface area contributed by atoms with Crippen LogP contribution in [0.5, 0.6) is 0 Å². The number of hydrogen-bond acceptors (Lipinski definition) is 6. The number of epoxide rings is 1. The van der Waals surface area contributed by atoms with Gasteiger partial charge in [0.1, 0.15) is 6.10 Å². The van der Waals surface area contributed by atoms with Gasteiger partial charge in [0.2, 0.25) is 11.8 Å². The summed E-state index contributed by atoms with van der Waals surface area (Å²) < 4.78 is 5.09. The fraction of sp³-hybridized carbons (Fsp3) is 0.500. The molecule has 0 unspecified atom stereocenters. The molecule has 1 saturated carbocycles. The van der Waals surface area contributed by atoms with Gasteiger partial charge in [-0.2, -0.15) is 5.10 Å². The summed E-state index contributed by atoms with van der Waals surface area (Å²) in [4.78, 5) is 49.1. The summed E-state index contributed by atoms with van der Waals surface area (Å²) in [5.41, 5.74) is 1.21. The Morgan fingerprint density at radius 3 is 2.59 bits per heavy atom. The Bertz CT molecular complexity index is 1010. The molecular weight excluding hydrogens is 414 g/mol. The van der Waals surface area contributed by atoms with Gasteiger partial charge in [-0.15, -0.1) is 0 Å². The van der Waals surface area contributed by atoms with Crippen LogP contribution in [0.2, 0.25) is 0 Å². The van der Waals surface area contributed by atoms with Crippen LogP contribution in [0.4, 0.5) is 0 Å². The molecule has 2 aromatic rings. The molecule has 1 saturated heterocycles. The summed E-state index contributed by atoms with van der Waals surface area (Å²) in [5, 5.41) is 15.2. The van der Waals surface area contributed by atoms with Crippen LogP contribution in [0, 0.1) is 5.92 Å². The molecule has 1 aromatic heterocycles. The molecule has 170 valence electrons. The number of nitrogens with zero attached hydrogens (tertiary/aromatic N) is 1. The Kier molecular flexibility index (Phi) is 6.79. The van der Waals surface area contributed by atoms with Crippen molar-refractivity contribution in [3.63, 3.8) is 0 Å². The second kappa shape index (κ2) is 9.90. The molecule has 3 amide bonds. The normalized spacial score (nSPS) is 18.8. The summed E-state index contributed by atoms with van der Waals surface area (Å²) in [6.45, 7) is -0.134. The lowest BCUT2D eigenvalue weighted by Gasteiger charge is -2.20. The van der Waals surface area contributed by atoms with Gasteiger partial charge in [0.05, 0.1) is 37.5 Å². The van der Waals surface area contributed by atoms with Gasteiger partial charge in [-0.05, 0) is 30.5 Å². The number of aromatic nitrogens is 2. The van der Waals surface area contributed by atoms with Crippen molar-refractivity contribution in [2.75, 3.05) is 19.7 Å². The Hall–Kier alpha value is -3.27. The number of ketones is 1. The van der Waals surface area contributed by atoms with Gasteiger partial charge >= 0.3 is 0 Å². The van der Waals surface area contributed by atoms with Crippen LogP contribution in [-0.4, -0.2) is 65.5 Å². The van der Waals surface area contributed by atoms with Crippen LogP contribution in [0.25, 0.3) is 10.9 Å². The van der Waals surface area contributed by atoms with Crippen LogP contribution < -0.4 is 16.0 Å². The molecule has 2 heterocycles. The first-order valence-corrected chi connectivity index (χ1v) is 10.9. The average Bonchev–Trinajstić information content (AvgIpc) is 3.31. The van der Waals surface area contributed by atoms with Crippen LogP contribution in [0.15, 0.2) is 24.4 Å². The summed E-state index contributed by atoms with van der Waals surface area (Å²) in [7, 11) is 0. The SMILES string of the molecule is O=C(CNC(=O)c1ccc2[nH]ncc2c1)NCC(=O)N[C@@H](CC1CCCC1)C(=O)[C@H]1CO1. The van der Waals surface area contributed by atoms with E-state index in [2.05, 4.69) is 26.1 Å². The highest BCUT2D eigenvalue weighted by molar-refractivity contribution is 5.99. The lowest BCUT2D eigenvalue weighted by Crippen LogP contribution is -2.48. The zero-order valence-electron chi connectivity index (χ0n) is 17.7. The maximum absolute atomic E-state index is 12.5. The number of fused-ring (bicyclic) bond motifs is 1. The molecule has 1 aliphatic heterocycles. The van der Waals surface area contributed by atoms with Crippen LogP contribution in [0.1, 0.15) is 42.5 Å². The lowest BCUT2D eigenvalue weighted by molar-refractivity contribution is -0.129. The van der Waals surface area contributed by atoms with Gasteiger partial charge in [0.15, 0.2) is 5.78 Å². The highest BCUT2D eigenvalue weighted by atomic mass is 16.6. The molecule has 2 atom stereocenters. The lowest BCUT2D eigenvalue weighted by atomic mass is 9.94. The molecule has 4 rings (SSSR count). The Morgan fingerprint density at radius 1 is 1.09 bits per heavy atom. The topological polar surface area (TPSA) is 146 Å². The van der Waals surface area contributed by atoms with Crippen molar-refractivity contribution in [1.29, 1.82) is 0 Å². The predicted molar refractivity (Wildman–Crippen MR) is 115 cm³/mol. The Morgan fingerprint density at radius 2 is 1.84 bits per heavy atom. The highest BCUT2D eigenvalue weighted by Crippen LogP contribution is 2.29. The second-order valence-corrected chi connectivity index (χ2v) is 8.36. The number of carbonyl (C=O) groups is 4. The fourth-order valence-electron chi connectivity index (χ4n) is 4.10.